The smallest absolute Gasteiger partial charge is 0.353 e. The summed E-state index contributed by atoms with van der Waals surface area (Å²) in [7, 11) is 1.67. The van der Waals surface area contributed by atoms with Crippen molar-refractivity contribution in [3.05, 3.63) is 40.0 Å². The second-order valence-electron chi connectivity index (χ2n) is 4.09. The normalized spacial score (nSPS) is 10.3. The number of aromatic nitrogens is 1. The van der Waals surface area contributed by atoms with Crippen LogP contribution < -0.4 is 0 Å². The van der Waals surface area contributed by atoms with Gasteiger partial charge in [0, 0.05) is 17.1 Å². The Morgan fingerprint density at radius 1 is 1.40 bits per heavy atom. The average Bonchev–Trinajstić information content (AvgIpc) is 2.71. The molecule has 0 atom stereocenters. The van der Waals surface area contributed by atoms with Gasteiger partial charge in [0.1, 0.15) is 11.8 Å². The second kappa shape index (κ2) is 5.73. The van der Waals surface area contributed by atoms with Crippen molar-refractivity contribution in [3.8, 4) is 17.2 Å². The molecular weight excluding hydrogens is 340 g/mol. The summed E-state index contributed by atoms with van der Waals surface area (Å²) in [5.41, 5.74) is 1.73. The lowest BCUT2D eigenvalue weighted by Crippen LogP contribution is -2.06. The van der Waals surface area contributed by atoms with Gasteiger partial charge < -0.3 is 9.67 Å². The molecule has 0 radical (unpaired) electrons. The number of carboxylic acids is 1. The van der Waals surface area contributed by atoms with Gasteiger partial charge in [0.05, 0.1) is 10.6 Å². The van der Waals surface area contributed by atoms with Crippen LogP contribution in [0.1, 0.15) is 16.1 Å². The maximum atomic E-state index is 11.5. The molecular formula is C14H11BrN2O2S. The van der Waals surface area contributed by atoms with Crippen molar-refractivity contribution in [1.82, 2.24) is 4.57 Å². The molecule has 0 aliphatic carbocycles. The highest BCUT2D eigenvalue weighted by atomic mass is 79.9. The van der Waals surface area contributed by atoms with Crippen molar-refractivity contribution in [2.24, 2.45) is 7.05 Å². The van der Waals surface area contributed by atoms with E-state index in [4.69, 9.17) is 0 Å². The zero-order valence-electron chi connectivity index (χ0n) is 10.8. The maximum absolute atomic E-state index is 11.5. The van der Waals surface area contributed by atoms with Crippen molar-refractivity contribution < 1.29 is 9.90 Å². The number of hydrogen-bond acceptors (Lipinski definition) is 3. The average molecular weight is 351 g/mol. The summed E-state index contributed by atoms with van der Waals surface area (Å²) >= 11 is 4.71. The monoisotopic (exact) mass is 350 g/mol. The quantitative estimate of drug-likeness (QED) is 0.856. The zero-order valence-corrected chi connectivity index (χ0v) is 13.2. The van der Waals surface area contributed by atoms with E-state index in [0.717, 1.165) is 10.0 Å². The molecule has 20 heavy (non-hydrogen) atoms. The maximum Gasteiger partial charge on any atom is 0.353 e. The number of carboxylic acid groups (broad SMARTS) is 1. The van der Waals surface area contributed by atoms with Crippen LogP contribution in [0.5, 0.6) is 0 Å². The van der Waals surface area contributed by atoms with E-state index in [-0.39, 0.29) is 5.69 Å². The van der Waals surface area contributed by atoms with Gasteiger partial charge in [-0.25, -0.2) is 4.79 Å². The number of carbonyl (C=O) groups is 1. The molecule has 2 rings (SSSR count). The first-order chi connectivity index (χ1) is 9.51. The molecule has 4 nitrogen and oxygen atoms in total. The molecule has 0 saturated carbocycles. The Hall–Kier alpha value is -1.71. The largest absolute Gasteiger partial charge is 0.477 e. The molecule has 0 amide bonds. The molecule has 2 aromatic rings. The molecule has 0 saturated heterocycles. The number of nitriles is 1. The third kappa shape index (κ3) is 2.35. The highest BCUT2D eigenvalue weighted by Gasteiger charge is 2.25. The highest BCUT2D eigenvalue weighted by molar-refractivity contribution is 9.10. The highest BCUT2D eigenvalue weighted by Crippen LogP contribution is 2.36. The SMILES string of the molecule is CSc1c(C#N)c(-c2ccc(Br)cc2)c(C(=O)O)n1C. The topological polar surface area (TPSA) is 66.0 Å². The lowest BCUT2D eigenvalue weighted by atomic mass is 10.0. The van der Waals surface area contributed by atoms with Gasteiger partial charge in [0.2, 0.25) is 0 Å². The van der Waals surface area contributed by atoms with Crippen LogP contribution in [0.3, 0.4) is 0 Å². The van der Waals surface area contributed by atoms with E-state index in [9.17, 15) is 15.2 Å². The number of rotatable bonds is 3. The molecule has 102 valence electrons. The molecule has 0 unspecified atom stereocenters. The third-order valence-electron chi connectivity index (χ3n) is 2.98. The summed E-state index contributed by atoms with van der Waals surface area (Å²) in [4.78, 5) is 11.5. The van der Waals surface area contributed by atoms with Crippen LogP contribution >= 0.6 is 27.7 Å². The summed E-state index contributed by atoms with van der Waals surface area (Å²) in [6.45, 7) is 0. The van der Waals surface area contributed by atoms with Gasteiger partial charge in [0.25, 0.3) is 0 Å². The summed E-state index contributed by atoms with van der Waals surface area (Å²) < 4.78 is 2.46. The second-order valence-corrected chi connectivity index (χ2v) is 5.80. The number of hydrogen-bond donors (Lipinski definition) is 1. The van der Waals surface area contributed by atoms with E-state index < -0.39 is 5.97 Å². The summed E-state index contributed by atoms with van der Waals surface area (Å²) in [6, 6.07) is 9.39. The van der Waals surface area contributed by atoms with E-state index in [2.05, 4.69) is 22.0 Å². The van der Waals surface area contributed by atoms with Crippen LogP contribution in [-0.4, -0.2) is 21.9 Å². The van der Waals surface area contributed by atoms with Gasteiger partial charge in [-0.05, 0) is 24.0 Å². The van der Waals surface area contributed by atoms with Gasteiger partial charge in [-0.3, -0.25) is 0 Å². The Bertz CT molecular complexity index is 714. The molecule has 6 heteroatoms. The Kier molecular flexibility index (Phi) is 4.21. The van der Waals surface area contributed by atoms with Crippen LogP contribution in [-0.2, 0) is 7.05 Å². The van der Waals surface area contributed by atoms with Gasteiger partial charge in [-0.1, -0.05) is 28.1 Å². The van der Waals surface area contributed by atoms with Gasteiger partial charge in [0.15, 0.2) is 0 Å². The molecule has 0 spiro atoms. The predicted molar refractivity (Wildman–Crippen MR) is 82.0 cm³/mol. The van der Waals surface area contributed by atoms with E-state index in [1.807, 2.05) is 18.4 Å². The van der Waals surface area contributed by atoms with Crippen LogP contribution in [0.4, 0.5) is 0 Å². The summed E-state index contributed by atoms with van der Waals surface area (Å²) in [5, 5.41) is 19.5. The third-order valence-corrected chi connectivity index (χ3v) is 4.37. The number of nitrogens with zero attached hydrogens (tertiary/aromatic N) is 2. The molecule has 1 aromatic carbocycles. The van der Waals surface area contributed by atoms with E-state index in [0.29, 0.717) is 16.2 Å². The number of thioether (sulfide) groups is 1. The van der Waals surface area contributed by atoms with Crippen LogP contribution in [0.15, 0.2) is 33.8 Å². The van der Waals surface area contributed by atoms with Gasteiger partial charge >= 0.3 is 5.97 Å². The summed E-state index contributed by atoms with van der Waals surface area (Å²) in [5.74, 6) is -1.04. The number of benzene rings is 1. The van der Waals surface area contributed by atoms with Crippen LogP contribution in [0.2, 0.25) is 0 Å². The van der Waals surface area contributed by atoms with Crippen molar-refractivity contribution in [1.29, 1.82) is 5.26 Å². The minimum Gasteiger partial charge on any atom is -0.477 e. The van der Waals surface area contributed by atoms with Crippen molar-refractivity contribution in [3.63, 3.8) is 0 Å². The molecule has 1 aromatic heterocycles. The van der Waals surface area contributed by atoms with Crippen molar-refractivity contribution in [2.75, 3.05) is 6.26 Å². The first-order valence-electron chi connectivity index (χ1n) is 5.67. The minimum absolute atomic E-state index is 0.133. The number of halogens is 1. The first kappa shape index (κ1) is 14.7. The first-order valence-corrected chi connectivity index (χ1v) is 7.69. The molecule has 0 fully saturated rings. The Balaban J connectivity index is 2.83. The molecule has 0 bridgehead atoms. The molecule has 0 aliphatic rings. The van der Waals surface area contributed by atoms with Gasteiger partial charge in [-0.15, -0.1) is 11.8 Å². The molecule has 0 aliphatic heterocycles. The standard InChI is InChI=1S/C14H11BrN2O2S/c1-17-12(14(18)19)11(10(7-16)13(17)20-2)8-3-5-9(15)6-4-8/h3-6H,1-2H3,(H,18,19). The Morgan fingerprint density at radius 2 is 2.00 bits per heavy atom. The minimum atomic E-state index is -1.04. The van der Waals surface area contributed by atoms with E-state index in [1.165, 1.54) is 11.8 Å². The van der Waals surface area contributed by atoms with E-state index >= 15 is 0 Å². The fraction of sp³-hybridized carbons (Fsp3) is 0.143. The van der Waals surface area contributed by atoms with Crippen molar-refractivity contribution in [2.45, 2.75) is 5.03 Å². The fourth-order valence-corrected chi connectivity index (χ4v) is 3.13. The Morgan fingerprint density at radius 3 is 2.45 bits per heavy atom. The lowest BCUT2D eigenvalue weighted by molar-refractivity contribution is 0.0686. The van der Waals surface area contributed by atoms with Gasteiger partial charge in [-0.2, -0.15) is 5.26 Å². The molecule has 1 heterocycles. The van der Waals surface area contributed by atoms with Crippen molar-refractivity contribution >= 4 is 33.7 Å². The Labute approximate surface area is 129 Å². The van der Waals surface area contributed by atoms with Crippen LogP contribution in [0.25, 0.3) is 11.1 Å². The zero-order chi connectivity index (χ0) is 14.9. The van der Waals surface area contributed by atoms with Crippen LogP contribution in [0, 0.1) is 11.3 Å². The summed E-state index contributed by atoms with van der Waals surface area (Å²) in [6.07, 6.45) is 1.83. The predicted octanol–water partition coefficient (Wildman–Crippen LogP) is 3.75. The molecule has 1 N–H and O–H groups in total. The number of aromatic carboxylic acids is 1. The lowest BCUT2D eigenvalue weighted by Gasteiger charge is -2.04. The fourth-order valence-electron chi connectivity index (χ4n) is 2.15. The van der Waals surface area contributed by atoms with E-state index in [1.54, 1.807) is 23.7 Å².